The van der Waals surface area contributed by atoms with Gasteiger partial charge >= 0.3 is 5.97 Å². The van der Waals surface area contributed by atoms with Gasteiger partial charge in [0.1, 0.15) is 0 Å². The van der Waals surface area contributed by atoms with Crippen LogP contribution in [0.2, 0.25) is 0 Å². The van der Waals surface area contributed by atoms with E-state index in [4.69, 9.17) is 0 Å². The molecule has 106 valence electrons. The fourth-order valence-corrected chi connectivity index (χ4v) is 1.76. The molecule has 0 aromatic carbocycles. The van der Waals surface area contributed by atoms with Gasteiger partial charge in [0.2, 0.25) is 5.91 Å². The lowest BCUT2D eigenvalue weighted by Gasteiger charge is -2.29. The molecule has 5 nitrogen and oxygen atoms in total. The third-order valence-electron chi connectivity index (χ3n) is 3.21. The molecule has 0 aromatic rings. The van der Waals surface area contributed by atoms with Crippen molar-refractivity contribution >= 4 is 11.9 Å². The minimum Gasteiger partial charge on any atom is -0.469 e. The van der Waals surface area contributed by atoms with Crippen LogP contribution in [0.25, 0.3) is 0 Å². The van der Waals surface area contributed by atoms with Crippen LogP contribution in [0.15, 0.2) is 0 Å². The zero-order valence-electron chi connectivity index (χ0n) is 12.2. The predicted molar refractivity (Wildman–Crippen MR) is 71.3 cm³/mol. The van der Waals surface area contributed by atoms with E-state index < -0.39 is 0 Å². The topological polar surface area (TPSA) is 49.9 Å². The number of esters is 1. The molecule has 0 saturated carbocycles. The van der Waals surface area contributed by atoms with Gasteiger partial charge in [0, 0.05) is 19.5 Å². The van der Waals surface area contributed by atoms with Crippen LogP contribution in [0.1, 0.15) is 33.6 Å². The largest absolute Gasteiger partial charge is 0.469 e. The summed E-state index contributed by atoms with van der Waals surface area (Å²) in [5.74, 6) is -0.0632. The second-order valence-corrected chi connectivity index (χ2v) is 4.35. The Labute approximate surface area is 110 Å². The summed E-state index contributed by atoms with van der Waals surface area (Å²) in [7, 11) is 3.29. The first kappa shape index (κ1) is 16.9. The van der Waals surface area contributed by atoms with E-state index in [0.717, 1.165) is 13.1 Å². The molecule has 0 fully saturated rings. The first-order valence-corrected chi connectivity index (χ1v) is 6.53. The van der Waals surface area contributed by atoms with Crippen molar-refractivity contribution < 1.29 is 14.3 Å². The second kappa shape index (κ2) is 8.91. The SMILES string of the molecule is CCN(CC)C(=O)C(C)N(C)CCCC(=O)OC. The fourth-order valence-electron chi connectivity index (χ4n) is 1.76. The predicted octanol–water partition coefficient (Wildman–Crippen LogP) is 1.13. The molecule has 0 aliphatic rings. The number of rotatable bonds is 8. The quantitative estimate of drug-likeness (QED) is 0.612. The average molecular weight is 258 g/mol. The lowest BCUT2D eigenvalue weighted by atomic mass is 10.2. The van der Waals surface area contributed by atoms with Gasteiger partial charge in [0.05, 0.1) is 13.2 Å². The van der Waals surface area contributed by atoms with Gasteiger partial charge in [0.25, 0.3) is 0 Å². The average Bonchev–Trinajstić information content (AvgIpc) is 2.38. The van der Waals surface area contributed by atoms with E-state index in [0.29, 0.717) is 19.4 Å². The monoisotopic (exact) mass is 258 g/mol. The van der Waals surface area contributed by atoms with Gasteiger partial charge in [-0.25, -0.2) is 0 Å². The van der Waals surface area contributed by atoms with Gasteiger partial charge in [-0.2, -0.15) is 0 Å². The van der Waals surface area contributed by atoms with Crippen molar-refractivity contribution in [1.82, 2.24) is 9.80 Å². The highest BCUT2D eigenvalue weighted by molar-refractivity contribution is 5.81. The number of hydrogen-bond donors (Lipinski definition) is 0. The number of hydrogen-bond acceptors (Lipinski definition) is 4. The molecule has 0 saturated heterocycles. The van der Waals surface area contributed by atoms with E-state index in [1.165, 1.54) is 7.11 Å². The molecule has 5 heteroatoms. The Balaban J connectivity index is 4.12. The molecule has 0 bridgehead atoms. The lowest BCUT2D eigenvalue weighted by molar-refractivity contribution is -0.140. The first-order chi connectivity index (χ1) is 8.47. The van der Waals surface area contributed by atoms with Crippen LogP contribution >= 0.6 is 0 Å². The van der Waals surface area contributed by atoms with Crippen LogP contribution in [-0.4, -0.2) is 61.5 Å². The van der Waals surface area contributed by atoms with Gasteiger partial charge in [-0.3, -0.25) is 14.5 Å². The number of nitrogens with zero attached hydrogens (tertiary/aromatic N) is 2. The highest BCUT2D eigenvalue weighted by Gasteiger charge is 2.21. The molecule has 0 aromatic heterocycles. The molecule has 1 amide bonds. The Morgan fingerprint density at radius 1 is 1.22 bits per heavy atom. The molecule has 0 heterocycles. The van der Waals surface area contributed by atoms with E-state index in [9.17, 15) is 9.59 Å². The molecule has 0 aliphatic heterocycles. The number of methoxy groups -OCH3 is 1. The Bertz CT molecular complexity index is 265. The summed E-state index contributed by atoms with van der Waals surface area (Å²) in [5, 5.41) is 0. The third-order valence-corrected chi connectivity index (χ3v) is 3.21. The summed E-state index contributed by atoms with van der Waals surface area (Å²) in [6.45, 7) is 8.03. The Morgan fingerprint density at radius 2 is 1.78 bits per heavy atom. The number of ether oxygens (including phenoxy) is 1. The zero-order chi connectivity index (χ0) is 14.1. The molecular formula is C13H26N2O3. The Hall–Kier alpha value is -1.10. The minimum absolute atomic E-state index is 0.139. The highest BCUT2D eigenvalue weighted by Crippen LogP contribution is 2.04. The number of amides is 1. The van der Waals surface area contributed by atoms with Crippen molar-refractivity contribution in [3.63, 3.8) is 0 Å². The van der Waals surface area contributed by atoms with Gasteiger partial charge in [-0.1, -0.05) is 0 Å². The maximum Gasteiger partial charge on any atom is 0.305 e. The smallest absolute Gasteiger partial charge is 0.305 e. The van der Waals surface area contributed by atoms with Crippen LogP contribution in [0.5, 0.6) is 0 Å². The van der Waals surface area contributed by atoms with E-state index in [-0.39, 0.29) is 17.9 Å². The summed E-state index contributed by atoms with van der Waals surface area (Å²) in [4.78, 5) is 26.9. The molecule has 0 aliphatic carbocycles. The lowest BCUT2D eigenvalue weighted by Crippen LogP contribution is -2.45. The number of likely N-dealkylation sites (N-methyl/N-ethyl adjacent to an activating group) is 2. The van der Waals surface area contributed by atoms with Crippen LogP contribution in [0.3, 0.4) is 0 Å². The summed E-state index contributed by atoms with van der Waals surface area (Å²) in [5.41, 5.74) is 0. The first-order valence-electron chi connectivity index (χ1n) is 6.53. The van der Waals surface area contributed by atoms with Crippen molar-refractivity contribution in [3.8, 4) is 0 Å². The maximum absolute atomic E-state index is 12.1. The molecular weight excluding hydrogens is 232 g/mol. The maximum atomic E-state index is 12.1. The van der Waals surface area contributed by atoms with E-state index in [1.54, 1.807) is 0 Å². The van der Waals surface area contributed by atoms with Gasteiger partial charge in [0.15, 0.2) is 0 Å². The molecule has 0 spiro atoms. The van der Waals surface area contributed by atoms with Crippen molar-refractivity contribution in [2.45, 2.75) is 39.7 Å². The van der Waals surface area contributed by atoms with Crippen LogP contribution in [-0.2, 0) is 14.3 Å². The summed E-state index contributed by atoms with van der Waals surface area (Å²) < 4.78 is 4.58. The zero-order valence-corrected chi connectivity index (χ0v) is 12.2. The molecule has 0 N–H and O–H groups in total. The molecule has 0 radical (unpaired) electrons. The third kappa shape index (κ3) is 5.49. The summed E-state index contributed by atoms with van der Waals surface area (Å²) >= 11 is 0. The Morgan fingerprint density at radius 3 is 2.22 bits per heavy atom. The van der Waals surface area contributed by atoms with Crippen molar-refractivity contribution in [3.05, 3.63) is 0 Å². The highest BCUT2D eigenvalue weighted by atomic mass is 16.5. The number of carbonyl (C=O) groups is 2. The standard InChI is InChI=1S/C13H26N2O3/c1-6-15(7-2)13(17)11(3)14(4)10-8-9-12(16)18-5/h11H,6-10H2,1-5H3. The van der Waals surface area contributed by atoms with Gasteiger partial charge in [-0.05, 0) is 40.8 Å². The minimum atomic E-state index is -0.203. The van der Waals surface area contributed by atoms with Gasteiger partial charge < -0.3 is 9.64 Å². The normalized spacial score (nSPS) is 12.3. The molecule has 1 atom stereocenters. The summed E-state index contributed by atoms with van der Waals surface area (Å²) in [6.07, 6.45) is 1.10. The van der Waals surface area contributed by atoms with Crippen molar-refractivity contribution in [2.75, 3.05) is 33.8 Å². The second-order valence-electron chi connectivity index (χ2n) is 4.35. The fraction of sp³-hybridized carbons (Fsp3) is 0.846. The number of carbonyl (C=O) groups excluding carboxylic acids is 2. The molecule has 1 unspecified atom stereocenters. The Kier molecular flexibility index (Phi) is 8.37. The van der Waals surface area contributed by atoms with Crippen LogP contribution in [0, 0.1) is 0 Å². The van der Waals surface area contributed by atoms with E-state index in [2.05, 4.69) is 4.74 Å². The van der Waals surface area contributed by atoms with E-state index >= 15 is 0 Å². The molecule has 0 rings (SSSR count). The van der Waals surface area contributed by atoms with Crippen molar-refractivity contribution in [2.24, 2.45) is 0 Å². The van der Waals surface area contributed by atoms with Crippen LogP contribution in [0.4, 0.5) is 0 Å². The van der Waals surface area contributed by atoms with Crippen molar-refractivity contribution in [1.29, 1.82) is 0 Å². The summed E-state index contributed by atoms with van der Waals surface area (Å²) in [6, 6.07) is -0.150. The molecule has 18 heavy (non-hydrogen) atoms. The van der Waals surface area contributed by atoms with Crippen LogP contribution < -0.4 is 0 Å². The van der Waals surface area contributed by atoms with Gasteiger partial charge in [-0.15, -0.1) is 0 Å². The van der Waals surface area contributed by atoms with E-state index in [1.807, 2.05) is 37.6 Å².